The third-order valence-corrected chi connectivity index (χ3v) is 4.98. The number of rotatable bonds is 9. The van der Waals surface area contributed by atoms with Gasteiger partial charge in [0.25, 0.3) is 0 Å². The predicted molar refractivity (Wildman–Crippen MR) is 102 cm³/mol. The molecule has 0 bridgehead atoms. The molecule has 2 aromatic rings. The lowest BCUT2D eigenvalue weighted by molar-refractivity contribution is -0.206. The molecule has 0 radical (unpaired) electrons. The van der Waals surface area contributed by atoms with Gasteiger partial charge in [-0.25, -0.2) is 22.0 Å². The Bertz CT molecular complexity index is 916. The summed E-state index contributed by atoms with van der Waals surface area (Å²) in [5, 5.41) is 0. The summed E-state index contributed by atoms with van der Waals surface area (Å²) < 4.78 is 117. The van der Waals surface area contributed by atoms with Crippen molar-refractivity contribution in [1.82, 2.24) is 0 Å². The maximum atomic E-state index is 14.5. The van der Waals surface area contributed by atoms with Gasteiger partial charge in [-0.15, -0.1) is 0 Å². The second kappa shape index (κ2) is 10.6. The first-order valence-corrected chi connectivity index (χ1v) is 10.1. The molecule has 1 saturated heterocycles. The summed E-state index contributed by atoms with van der Waals surface area (Å²) in [5.41, 5.74) is -1.92. The SMILES string of the molecule is CCCCC1COC(c2cc(F)c(C(F)(F)Oc3cc(F)c(OCF)c(F)c3)c(F)c2)OC1. The summed E-state index contributed by atoms with van der Waals surface area (Å²) in [5.74, 6) is -8.56. The van der Waals surface area contributed by atoms with Crippen LogP contribution in [0.5, 0.6) is 11.5 Å². The highest BCUT2D eigenvalue weighted by Crippen LogP contribution is 2.38. The zero-order valence-corrected chi connectivity index (χ0v) is 17.5. The second-order valence-electron chi connectivity index (χ2n) is 7.45. The summed E-state index contributed by atoms with van der Waals surface area (Å²) in [6.07, 6.45) is -2.97. The summed E-state index contributed by atoms with van der Waals surface area (Å²) in [7, 11) is 0. The average Bonchev–Trinajstić information content (AvgIpc) is 2.74. The van der Waals surface area contributed by atoms with E-state index in [9.17, 15) is 30.7 Å². The highest BCUT2D eigenvalue weighted by atomic mass is 19.3. The van der Waals surface area contributed by atoms with Crippen LogP contribution in [-0.4, -0.2) is 20.1 Å². The number of halogens is 7. The Balaban J connectivity index is 1.78. The molecule has 0 saturated carbocycles. The van der Waals surface area contributed by atoms with Crippen molar-refractivity contribution >= 4 is 0 Å². The van der Waals surface area contributed by atoms with E-state index in [1.807, 2.05) is 6.92 Å². The molecule has 4 nitrogen and oxygen atoms in total. The molecule has 0 amide bonds. The number of unbranched alkanes of at least 4 members (excludes halogenated alkanes) is 1. The predicted octanol–water partition coefficient (Wildman–Crippen LogP) is 6.53. The van der Waals surface area contributed by atoms with E-state index >= 15 is 0 Å². The lowest BCUT2D eigenvalue weighted by Gasteiger charge is -2.30. The van der Waals surface area contributed by atoms with E-state index < -0.39 is 59.6 Å². The van der Waals surface area contributed by atoms with Gasteiger partial charge in [0.1, 0.15) is 22.9 Å². The van der Waals surface area contributed by atoms with Gasteiger partial charge in [-0.2, -0.15) is 8.78 Å². The maximum absolute atomic E-state index is 14.5. The number of ether oxygens (including phenoxy) is 4. The smallest absolute Gasteiger partial charge is 0.432 e. The van der Waals surface area contributed by atoms with Crippen LogP contribution in [0.3, 0.4) is 0 Å². The molecule has 0 atom stereocenters. The van der Waals surface area contributed by atoms with Crippen LogP contribution in [0.15, 0.2) is 24.3 Å². The third-order valence-electron chi connectivity index (χ3n) is 4.98. The molecule has 1 aliphatic heterocycles. The van der Waals surface area contributed by atoms with Gasteiger partial charge in [0.15, 0.2) is 23.7 Å². The molecule has 0 unspecified atom stereocenters. The first-order chi connectivity index (χ1) is 15.7. The van der Waals surface area contributed by atoms with Gasteiger partial charge in [0, 0.05) is 23.6 Å². The molecule has 2 aromatic carbocycles. The van der Waals surface area contributed by atoms with Crippen LogP contribution in [0, 0.1) is 29.2 Å². The van der Waals surface area contributed by atoms with Crippen molar-refractivity contribution in [3.05, 3.63) is 58.7 Å². The molecule has 3 rings (SSSR count). The Morgan fingerprint density at radius 3 is 2.03 bits per heavy atom. The Morgan fingerprint density at radius 2 is 1.52 bits per heavy atom. The van der Waals surface area contributed by atoms with Crippen LogP contribution < -0.4 is 9.47 Å². The van der Waals surface area contributed by atoms with E-state index in [0.29, 0.717) is 12.1 Å². The van der Waals surface area contributed by atoms with Gasteiger partial charge in [-0.3, -0.25) is 0 Å². The fourth-order valence-electron chi connectivity index (χ4n) is 3.39. The number of hydrogen-bond acceptors (Lipinski definition) is 4. The molecule has 1 heterocycles. The molecule has 0 spiro atoms. The fourth-order valence-corrected chi connectivity index (χ4v) is 3.39. The minimum Gasteiger partial charge on any atom is -0.457 e. The molecule has 11 heteroatoms. The summed E-state index contributed by atoms with van der Waals surface area (Å²) in [6.45, 7) is 1.03. The minimum atomic E-state index is -4.65. The normalized spacial score (nSPS) is 18.9. The second-order valence-corrected chi connectivity index (χ2v) is 7.45. The Labute approximate surface area is 185 Å². The van der Waals surface area contributed by atoms with Crippen molar-refractivity contribution < 1.29 is 49.7 Å². The largest absolute Gasteiger partial charge is 0.457 e. The highest BCUT2D eigenvalue weighted by Gasteiger charge is 2.42. The van der Waals surface area contributed by atoms with Gasteiger partial charge >= 0.3 is 6.11 Å². The highest BCUT2D eigenvalue weighted by molar-refractivity contribution is 5.36. The van der Waals surface area contributed by atoms with E-state index in [1.54, 1.807) is 0 Å². The quantitative estimate of drug-likeness (QED) is 0.381. The van der Waals surface area contributed by atoms with Gasteiger partial charge < -0.3 is 18.9 Å². The number of benzene rings is 2. The van der Waals surface area contributed by atoms with Crippen LogP contribution in [-0.2, 0) is 15.6 Å². The summed E-state index contributed by atoms with van der Waals surface area (Å²) in [6, 6.07) is 1.77. The van der Waals surface area contributed by atoms with E-state index in [1.165, 1.54) is 0 Å². The average molecular weight is 482 g/mol. The topological polar surface area (TPSA) is 36.9 Å². The van der Waals surface area contributed by atoms with Crippen molar-refractivity contribution in [3.63, 3.8) is 0 Å². The molecular formula is C22H21F7O4. The molecule has 0 aliphatic carbocycles. The lowest BCUT2D eigenvalue weighted by atomic mass is 10.0. The number of hydrogen-bond donors (Lipinski definition) is 0. The Hall–Kier alpha value is -2.53. The van der Waals surface area contributed by atoms with Crippen LogP contribution >= 0.6 is 0 Å². The standard InChI is InChI=1S/C22H21F7O4/c1-2-3-4-12-9-30-21(31-10-12)13-5-15(24)19(16(25)6-13)22(28,29)33-14-7-17(26)20(32-11-23)18(27)8-14/h5-8,12,21H,2-4,9-11H2,1H3. The zero-order chi connectivity index (χ0) is 24.2. The molecule has 1 aliphatic rings. The monoisotopic (exact) mass is 482 g/mol. The minimum absolute atomic E-state index is 0.121. The van der Waals surface area contributed by atoms with Gasteiger partial charge in [0.2, 0.25) is 6.86 Å². The molecule has 182 valence electrons. The third kappa shape index (κ3) is 5.89. The summed E-state index contributed by atoms with van der Waals surface area (Å²) in [4.78, 5) is 0. The van der Waals surface area contributed by atoms with E-state index in [4.69, 9.17) is 9.47 Å². The lowest BCUT2D eigenvalue weighted by Crippen LogP contribution is -2.28. The van der Waals surface area contributed by atoms with Crippen LogP contribution in [0.25, 0.3) is 0 Å². The first kappa shape index (κ1) is 25.1. The maximum Gasteiger partial charge on any atom is 0.432 e. The molecular weight excluding hydrogens is 461 g/mol. The molecule has 0 aromatic heterocycles. The summed E-state index contributed by atoms with van der Waals surface area (Å²) >= 11 is 0. The van der Waals surface area contributed by atoms with Gasteiger partial charge in [-0.05, 0) is 18.6 Å². The molecule has 33 heavy (non-hydrogen) atoms. The van der Waals surface area contributed by atoms with Crippen molar-refractivity contribution in [2.75, 3.05) is 20.1 Å². The van der Waals surface area contributed by atoms with Crippen molar-refractivity contribution in [2.24, 2.45) is 5.92 Å². The first-order valence-electron chi connectivity index (χ1n) is 10.1. The Kier molecular flexibility index (Phi) is 8.06. The fraction of sp³-hybridized carbons (Fsp3) is 0.455. The molecule has 0 N–H and O–H groups in total. The van der Waals surface area contributed by atoms with Gasteiger partial charge in [0.05, 0.1) is 13.2 Å². The van der Waals surface area contributed by atoms with Crippen LogP contribution in [0.2, 0.25) is 0 Å². The van der Waals surface area contributed by atoms with Crippen molar-refractivity contribution in [2.45, 2.75) is 38.6 Å². The van der Waals surface area contributed by atoms with Crippen molar-refractivity contribution in [1.29, 1.82) is 0 Å². The zero-order valence-electron chi connectivity index (χ0n) is 17.5. The van der Waals surface area contributed by atoms with Gasteiger partial charge in [-0.1, -0.05) is 19.8 Å². The van der Waals surface area contributed by atoms with Crippen LogP contribution in [0.1, 0.15) is 43.6 Å². The van der Waals surface area contributed by atoms with Crippen molar-refractivity contribution in [3.8, 4) is 11.5 Å². The molecule has 1 fully saturated rings. The van der Waals surface area contributed by atoms with E-state index in [-0.39, 0.29) is 36.8 Å². The van der Waals surface area contributed by atoms with Crippen LogP contribution in [0.4, 0.5) is 30.7 Å². The number of alkyl halides is 3. The van der Waals surface area contributed by atoms with E-state index in [0.717, 1.165) is 19.3 Å². The van der Waals surface area contributed by atoms with E-state index in [2.05, 4.69) is 9.47 Å². The Morgan fingerprint density at radius 1 is 0.939 bits per heavy atom.